The number of aryl methyl sites for hydroxylation is 1. The van der Waals surface area contributed by atoms with Crippen LogP contribution in [0.4, 0.5) is 8.78 Å². The molecule has 106 valence electrons. The number of hydrogen-bond donors (Lipinski definition) is 1. The van der Waals surface area contributed by atoms with Gasteiger partial charge in [0.25, 0.3) is 5.91 Å². The van der Waals surface area contributed by atoms with Crippen LogP contribution in [0, 0.1) is 6.92 Å². The second-order valence-corrected chi connectivity index (χ2v) is 5.12. The van der Waals surface area contributed by atoms with Crippen molar-refractivity contribution in [2.75, 3.05) is 7.05 Å². The smallest absolute Gasteiger partial charge is 0.387 e. The molecular weight excluding hydrogens is 280 g/mol. The Morgan fingerprint density at radius 1 is 1.47 bits per heavy atom. The van der Waals surface area contributed by atoms with Gasteiger partial charge in [-0.15, -0.1) is 11.3 Å². The highest BCUT2D eigenvalue weighted by atomic mass is 32.1. The number of carboxylic acid groups (broad SMARTS) is 1. The number of likely N-dealkylation sites (N-methyl/N-ethyl adjacent to an activating group) is 1. The minimum Gasteiger partial charge on any atom is -0.480 e. The molecule has 0 spiro atoms. The molecule has 0 saturated heterocycles. The van der Waals surface area contributed by atoms with Crippen LogP contribution in [0.25, 0.3) is 0 Å². The molecule has 0 aliphatic rings. The predicted molar refractivity (Wildman–Crippen MR) is 64.9 cm³/mol. The molecular formula is C11H13F2NO4S. The van der Waals surface area contributed by atoms with Gasteiger partial charge in [0, 0.05) is 11.9 Å². The third kappa shape index (κ3) is 3.63. The van der Waals surface area contributed by atoms with Crippen molar-refractivity contribution in [3.63, 3.8) is 0 Å². The fraction of sp³-hybridized carbons (Fsp3) is 0.455. The Balaban J connectivity index is 3.02. The Morgan fingerprint density at radius 2 is 2.05 bits per heavy atom. The summed E-state index contributed by atoms with van der Waals surface area (Å²) < 4.78 is 28.7. The van der Waals surface area contributed by atoms with E-state index < -0.39 is 24.5 Å². The number of carbonyl (C=O) groups is 2. The fourth-order valence-corrected chi connectivity index (χ4v) is 2.25. The van der Waals surface area contributed by atoms with E-state index in [1.807, 2.05) is 0 Å². The molecule has 0 saturated carbocycles. The molecule has 0 aromatic carbocycles. The maximum atomic E-state index is 12.2. The number of amides is 1. The van der Waals surface area contributed by atoms with Gasteiger partial charge in [-0.3, -0.25) is 4.79 Å². The normalized spacial score (nSPS) is 12.3. The van der Waals surface area contributed by atoms with Crippen molar-refractivity contribution in [3.8, 4) is 5.75 Å². The molecule has 1 aromatic heterocycles. The maximum absolute atomic E-state index is 12.2. The summed E-state index contributed by atoms with van der Waals surface area (Å²) in [6.45, 7) is -0.0721. The van der Waals surface area contributed by atoms with E-state index in [4.69, 9.17) is 5.11 Å². The molecule has 0 aliphatic heterocycles. The fourth-order valence-electron chi connectivity index (χ4n) is 1.33. The largest absolute Gasteiger partial charge is 0.480 e. The van der Waals surface area contributed by atoms with Crippen LogP contribution in [0.2, 0.25) is 0 Å². The van der Waals surface area contributed by atoms with E-state index in [9.17, 15) is 18.4 Å². The zero-order valence-corrected chi connectivity index (χ0v) is 11.3. The van der Waals surface area contributed by atoms with E-state index in [2.05, 4.69) is 4.74 Å². The monoisotopic (exact) mass is 293 g/mol. The molecule has 5 nitrogen and oxygen atoms in total. The van der Waals surface area contributed by atoms with Crippen LogP contribution < -0.4 is 4.74 Å². The van der Waals surface area contributed by atoms with Crippen LogP contribution >= 0.6 is 11.3 Å². The molecule has 1 rings (SSSR count). The van der Waals surface area contributed by atoms with Crippen LogP contribution in [-0.4, -0.2) is 41.6 Å². The molecule has 0 bridgehead atoms. The number of nitrogens with zero attached hydrogens (tertiary/aromatic N) is 1. The van der Waals surface area contributed by atoms with E-state index in [0.29, 0.717) is 4.88 Å². The van der Waals surface area contributed by atoms with Crippen LogP contribution in [0.15, 0.2) is 6.07 Å². The SMILES string of the molecule is Cc1cc(OC(F)F)c(C(=O)N(C)C(C)C(=O)O)s1. The molecule has 0 fully saturated rings. The topological polar surface area (TPSA) is 66.8 Å². The van der Waals surface area contributed by atoms with Crippen molar-refractivity contribution in [2.24, 2.45) is 0 Å². The number of carboxylic acids is 1. The third-order valence-electron chi connectivity index (χ3n) is 2.49. The molecule has 1 heterocycles. The first-order valence-corrected chi connectivity index (χ1v) is 6.11. The van der Waals surface area contributed by atoms with Gasteiger partial charge in [0.1, 0.15) is 16.7 Å². The van der Waals surface area contributed by atoms with Crippen molar-refractivity contribution in [1.29, 1.82) is 0 Å². The summed E-state index contributed by atoms with van der Waals surface area (Å²) in [6.07, 6.45) is 0. The Bertz CT molecular complexity index is 489. The summed E-state index contributed by atoms with van der Waals surface area (Å²) in [7, 11) is 1.29. The highest BCUT2D eigenvalue weighted by Gasteiger charge is 2.27. The maximum Gasteiger partial charge on any atom is 0.387 e. The lowest BCUT2D eigenvalue weighted by Gasteiger charge is -2.21. The molecule has 0 aliphatic carbocycles. The summed E-state index contributed by atoms with van der Waals surface area (Å²) >= 11 is 0.979. The second kappa shape index (κ2) is 5.96. The molecule has 1 aromatic rings. The van der Waals surface area contributed by atoms with Crippen LogP contribution in [0.5, 0.6) is 5.75 Å². The Morgan fingerprint density at radius 3 is 2.53 bits per heavy atom. The standard InChI is InChI=1S/C11H13F2NO4S/c1-5-4-7(18-11(12)13)8(19-5)9(15)14(3)6(2)10(16)17/h4,6,11H,1-3H3,(H,16,17). The van der Waals surface area contributed by atoms with Gasteiger partial charge in [0.15, 0.2) is 0 Å². The van der Waals surface area contributed by atoms with Gasteiger partial charge in [-0.25, -0.2) is 4.79 Å². The first-order chi connectivity index (χ1) is 8.73. The van der Waals surface area contributed by atoms with Gasteiger partial charge in [-0.2, -0.15) is 8.78 Å². The molecule has 0 radical (unpaired) electrons. The van der Waals surface area contributed by atoms with E-state index in [1.165, 1.54) is 20.0 Å². The van der Waals surface area contributed by atoms with Gasteiger partial charge in [-0.1, -0.05) is 0 Å². The highest BCUT2D eigenvalue weighted by Crippen LogP contribution is 2.31. The van der Waals surface area contributed by atoms with E-state index in [-0.39, 0.29) is 10.6 Å². The Kier molecular flexibility index (Phi) is 4.82. The van der Waals surface area contributed by atoms with Gasteiger partial charge < -0.3 is 14.7 Å². The molecule has 1 N–H and O–H groups in total. The number of ether oxygens (including phenoxy) is 1. The number of thiophene rings is 1. The first-order valence-electron chi connectivity index (χ1n) is 5.29. The first kappa shape index (κ1) is 15.4. The number of carbonyl (C=O) groups excluding carboxylic acids is 1. The van der Waals surface area contributed by atoms with E-state index in [0.717, 1.165) is 16.2 Å². The van der Waals surface area contributed by atoms with Gasteiger partial charge in [0.05, 0.1) is 0 Å². The minimum atomic E-state index is -3.04. The Hall–Kier alpha value is -1.70. The van der Waals surface area contributed by atoms with Crippen molar-refractivity contribution in [2.45, 2.75) is 26.5 Å². The lowest BCUT2D eigenvalue weighted by atomic mass is 10.2. The lowest BCUT2D eigenvalue weighted by Crippen LogP contribution is -2.40. The third-order valence-corrected chi connectivity index (χ3v) is 3.51. The summed E-state index contributed by atoms with van der Waals surface area (Å²) in [5.41, 5.74) is 0. The number of halogens is 2. The van der Waals surface area contributed by atoms with Crippen LogP contribution in [0.1, 0.15) is 21.5 Å². The summed E-state index contributed by atoms with van der Waals surface area (Å²) in [6, 6.07) is 0.262. The zero-order valence-electron chi connectivity index (χ0n) is 10.5. The molecule has 8 heteroatoms. The van der Waals surface area contributed by atoms with Crippen molar-refractivity contribution < 1.29 is 28.2 Å². The lowest BCUT2D eigenvalue weighted by molar-refractivity contribution is -0.141. The van der Waals surface area contributed by atoms with Crippen molar-refractivity contribution >= 4 is 23.2 Å². The summed E-state index contributed by atoms with van der Waals surface area (Å²) in [5.74, 6) is -2.07. The zero-order chi connectivity index (χ0) is 14.7. The average molecular weight is 293 g/mol. The summed E-state index contributed by atoms with van der Waals surface area (Å²) in [5, 5.41) is 8.83. The Labute approximate surface area is 112 Å². The molecule has 1 unspecified atom stereocenters. The molecule has 19 heavy (non-hydrogen) atoms. The minimum absolute atomic E-state index is 0.0339. The van der Waals surface area contributed by atoms with Crippen molar-refractivity contribution in [1.82, 2.24) is 4.90 Å². The van der Waals surface area contributed by atoms with E-state index >= 15 is 0 Å². The number of rotatable bonds is 5. The average Bonchev–Trinajstić information content (AvgIpc) is 2.66. The molecule has 1 amide bonds. The van der Waals surface area contributed by atoms with Gasteiger partial charge >= 0.3 is 12.6 Å². The molecule has 1 atom stereocenters. The quantitative estimate of drug-likeness (QED) is 0.903. The van der Waals surface area contributed by atoms with Gasteiger partial charge in [-0.05, 0) is 19.9 Å². The number of hydrogen-bond acceptors (Lipinski definition) is 4. The van der Waals surface area contributed by atoms with E-state index in [1.54, 1.807) is 6.92 Å². The number of aliphatic carboxylic acids is 1. The van der Waals surface area contributed by atoms with Crippen LogP contribution in [0.3, 0.4) is 0 Å². The summed E-state index contributed by atoms with van der Waals surface area (Å²) in [4.78, 5) is 24.4. The predicted octanol–water partition coefficient (Wildman–Crippen LogP) is 2.20. The highest BCUT2D eigenvalue weighted by molar-refractivity contribution is 7.14. The second-order valence-electron chi connectivity index (χ2n) is 3.86. The van der Waals surface area contributed by atoms with Gasteiger partial charge in [0.2, 0.25) is 0 Å². The number of alkyl halides is 2. The van der Waals surface area contributed by atoms with Crippen molar-refractivity contribution in [3.05, 3.63) is 15.8 Å². The van der Waals surface area contributed by atoms with Crippen LogP contribution in [-0.2, 0) is 4.79 Å².